The van der Waals surface area contributed by atoms with Crippen molar-refractivity contribution in [3.05, 3.63) is 77.7 Å². The highest BCUT2D eigenvalue weighted by atomic mass is 16.5. The maximum atomic E-state index is 12.7. The molecule has 1 amide bonds. The first kappa shape index (κ1) is 23.1. The van der Waals surface area contributed by atoms with Gasteiger partial charge in [0.05, 0.1) is 20.0 Å². The van der Waals surface area contributed by atoms with E-state index in [1.54, 1.807) is 31.7 Å². The van der Waals surface area contributed by atoms with Crippen LogP contribution in [-0.2, 0) is 4.79 Å². The zero-order valence-electron chi connectivity index (χ0n) is 20.1. The summed E-state index contributed by atoms with van der Waals surface area (Å²) in [6.45, 7) is 8.25. The maximum absolute atomic E-state index is 12.7. The number of rotatable bonds is 7. The lowest BCUT2D eigenvalue weighted by Crippen LogP contribution is -2.10. The molecule has 0 saturated carbocycles. The topological polar surface area (TPSA) is 73.6 Å². The Morgan fingerprint density at radius 3 is 2.71 bits per heavy atom. The number of nitrogens with one attached hydrogen (secondary N) is 1. The highest BCUT2D eigenvalue weighted by Gasteiger charge is 2.19. The van der Waals surface area contributed by atoms with Crippen molar-refractivity contribution in [3.63, 3.8) is 0 Å². The number of hydrogen-bond donors (Lipinski definition) is 1. The molecule has 0 unspecified atom stereocenters. The van der Waals surface area contributed by atoms with Crippen LogP contribution in [0.4, 0.5) is 5.82 Å². The number of amides is 1. The third-order valence-corrected chi connectivity index (χ3v) is 5.65. The normalized spacial score (nSPS) is 11.5. The Morgan fingerprint density at radius 2 is 2.00 bits per heavy atom. The van der Waals surface area contributed by atoms with Crippen molar-refractivity contribution in [2.45, 2.75) is 27.7 Å². The van der Waals surface area contributed by atoms with Gasteiger partial charge in [0.25, 0.3) is 0 Å². The van der Waals surface area contributed by atoms with E-state index in [0.717, 1.165) is 50.1 Å². The summed E-state index contributed by atoms with van der Waals surface area (Å²) in [6.07, 6.45) is 5.03. The monoisotopic (exact) mass is 456 g/mol. The fourth-order valence-electron chi connectivity index (χ4n) is 3.93. The molecule has 0 atom stereocenters. The van der Waals surface area contributed by atoms with Crippen LogP contribution in [0.25, 0.3) is 27.7 Å². The molecule has 4 aromatic rings. The van der Waals surface area contributed by atoms with Crippen molar-refractivity contribution in [3.8, 4) is 22.6 Å². The number of fused-ring (bicyclic) bond motifs is 1. The second kappa shape index (κ2) is 9.83. The molecule has 34 heavy (non-hydrogen) atoms. The summed E-state index contributed by atoms with van der Waals surface area (Å²) in [6, 6.07) is 13.6. The first-order valence-electron chi connectivity index (χ1n) is 11.2. The number of aryl methyl sites for hydroxylation is 2. The number of hydrogen-bond acceptors (Lipinski definition) is 5. The summed E-state index contributed by atoms with van der Waals surface area (Å²) in [5.41, 5.74) is 6.21. The molecule has 6 heteroatoms. The van der Waals surface area contributed by atoms with E-state index in [0.29, 0.717) is 18.2 Å². The molecule has 2 heterocycles. The van der Waals surface area contributed by atoms with Gasteiger partial charge in [-0.3, -0.25) is 4.79 Å². The summed E-state index contributed by atoms with van der Waals surface area (Å²) in [7, 11) is 1.65. The number of anilines is 1. The molecule has 174 valence electrons. The van der Waals surface area contributed by atoms with Gasteiger partial charge in [0.2, 0.25) is 5.91 Å². The minimum Gasteiger partial charge on any atom is -0.497 e. The summed E-state index contributed by atoms with van der Waals surface area (Å²) in [4.78, 5) is 17.0. The lowest BCUT2D eigenvalue weighted by atomic mass is 9.96. The van der Waals surface area contributed by atoms with Gasteiger partial charge >= 0.3 is 0 Å². The summed E-state index contributed by atoms with van der Waals surface area (Å²) < 4.78 is 17.4. The van der Waals surface area contributed by atoms with Crippen LogP contribution < -0.4 is 14.8 Å². The van der Waals surface area contributed by atoms with Crippen molar-refractivity contribution < 1.29 is 18.7 Å². The van der Waals surface area contributed by atoms with Crippen LogP contribution in [-0.4, -0.2) is 24.6 Å². The van der Waals surface area contributed by atoms with E-state index >= 15 is 0 Å². The van der Waals surface area contributed by atoms with Crippen LogP contribution in [0, 0.1) is 13.8 Å². The largest absolute Gasteiger partial charge is 0.497 e. The maximum Gasteiger partial charge on any atom is 0.249 e. The first-order valence-corrected chi connectivity index (χ1v) is 11.2. The van der Waals surface area contributed by atoms with Gasteiger partial charge in [0.15, 0.2) is 0 Å². The van der Waals surface area contributed by atoms with Crippen LogP contribution in [0.15, 0.2) is 65.4 Å². The van der Waals surface area contributed by atoms with E-state index in [9.17, 15) is 4.79 Å². The summed E-state index contributed by atoms with van der Waals surface area (Å²) in [5.74, 6) is 1.73. The van der Waals surface area contributed by atoms with E-state index in [1.165, 1.54) is 0 Å². The Kier molecular flexibility index (Phi) is 6.68. The Morgan fingerprint density at radius 1 is 1.18 bits per heavy atom. The van der Waals surface area contributed by atoms with Crippen LogP contribution in [0.1, 0.15) is 30.5 Å². The first-order chi connectivity index (χ1) is 16.4. The van der Waals surface area contributed by atoms with Gasteiger partial charge in [-0.25, -0.2) is 4.98 Å². The SMILES string of the molecule is CCOc1c(/C(C)=C/C(=O)Nc2ccc(C)cn2)cc2c(-c3cccc(OC)c3)coc2c1C. The van der Waals surface area contributed by atoms with E-state index in [2.05, 4.69) is 10.3 Å². The van der Waals surface area contributed by atoms with Gasteiger partial charge in [0.1, 0.15) is 22.9 Å². The van der Waals surface area contributed by atoms with Crippen LogP contribution in [0.5, 0.6) is 11.5 Å². The Hall–Kier alpha value is -4.06. The molecule has 1 N–H and O–H groups in total. The molecular formula is C28H28N2O4. The molecule has 2 aromatic heterocycles. The summed E-state index contributed by atoms with van der Waals surface area (Å²) >= 11 is 0. The molecule has 0 saturated heterocycles. The number of pyridine rings is 1. The number of ether oxygens (including phenoxy) is 2. The van der Waals surface area contributed by atoms with Crippen molar-refractivity contribution in [1.29, 1.82) is 0 Å². The molecule has 6 nitrogen and oxygen atoms in total. The fourth-order valence-corrected chi connectivity index (χ4v) is 3.93. The zero-order chi connectivity index (χ0) is 24.2. The van der Waals surface area contributed by atoms with Crippen molar-refractivity contribution in [1.82, 2.24) is 4.98 Å². The lowest BCUT2D eigenvalue weighted by Gasteiger charge is -2.15. The predicted molar refractivity (Wildman–Crippen MR) is 135 cm³/mol. The van der Waals surface area contributed by atoms with E-state index in [1.807, 2.05) is 64.1 Å². The quantitative estimate of drug-likeness (QED) is 0.319. The number of carbonyl (C=O) groups is 1. The van der Waals surface area contributed by atoms with E-state index in [4.69, 9.17) is 13.9 Å². The average molecular weight is 457 g/mol. The minimum atomic E-state index is -0.255. The van der Waals surface area contributed by atoms with E-state index in [-0.39, 0.29) is 5.91 Å². The number of carbonyl (C=O) groups excluding carboxylic acids is 1. The van der Waals surface area contributed by atoms with Crippen molar-refractivity contribution in [2.24, 2.45) is 0 Å². The molecular weight excluding hydrogens is 428 g/mol. The smallest absolute Gasteiger partial charge is 0.249 e. The Labute approximate surface area is 199 Å². The number of aromatic nitrogens is 1. The third kappa shape index (κ3) is 4.66. The molecule has 0 fully saturated rings. The highest BCUT2D eigenvalue weighted by Crippen LogP contribution is 2.41. The number of nitrogens with zero attached hydrogens (tertiary/aromatic N) is 1. The third-order valence-electron chi connectivity index (χ3n) is 5.65. The number of methoxy groups -OCH3 is 1. The molecule has 0 bridgehead atoms. The second-order valence-corrected chi connectivity index (χ2v) is 8.11. The average Bonchev–Trinajstić information content (AvgIpc) is 3.26. The van der Waals surface area contributed by atoms with E-state index < -0.39 is 0 Å². The molecule has 0 aliphatic rings. The molecule has 2 aromatic carbocycles. The zero-order valence-corrected chi connectivity index (χ0v) is 20.1. The van der Waals surface area contributed by atoms with Gasteiger partial charge in [0, 0.05) is 34.3 Å². The molecule has 0 aliphatic carbocycles. The van der Waals surface area contributed by atoms with Crippen LogP contribution in [0.3, 0.4) is 0 Å². The van der Waals surface area contributed by atoms with Crippen LogP contribution in [0.2, 0.25) is 0 Å². The fraction of sp³-hybridized carbons (Fsp3) is 0.214. The standard InChI is InChI=1S/C28H28N2O4/c1-6-33-27-19(4)28-23(24(16-34-28)20-8-7-9-21(13-20)32-5)14-22(27)18(3)12-26(31)30-25-11-10-17(2)15-29-25/h7-16H,6H2,1-5H3,(H,29,30,31)/b18-12+. The van der Waals surface area contributed by atoms with Gasteiger partial charge in [-0.2, -0.15) is 0 Å². The molecule has 0 aliphatic heterocycles. The van der Waals surface area contributed by atoms with Crippen molar-refractivity contribution >= 4 is 28.3 Å². The minimum absolute atomic E-state index is 0.255. The Bertz CT molecular complexity index is 1370. The van der Waals surface area contributed by atoms with Gasteiger partial charge < -0.3 is 19.2 Å². The van der Waals surface area contributed by atoms with Gasteiger partial charge in [-0.15, -0.1) is 0 Å². The molecule has 4 rings (SSSR count). The lowest BCUT2D eigenvalue weighted by molar-refractivity contribution is -0.111. The number of allylic oxidation sites excluding steroid dienone is 1. The second-order valence-electron chi connectivity index (χ2n) is 8.11. The predicted octanol–water partition coefficient (Wildman–Crippen LogP) is 6.56. The molecule has 0 spiro atoms. The van der Waals surface area contributed by atoms with Crippen molar-refractivity contribution in [2.75, 3.05) is 19.0 Å². The Balaban J connectivity index is 1.78. The number of benzene rings is 2. The molecule has 0 radical (unpaired) electrons. The van der Waals surface area contributed by atoms with Crippen LogP contribution >= 0.6 is 0 Å². The summed E-state index contributed by atoms with van der Waals surface area (Å²) in [5, 5.41) is 3.76. The number of furan rings is 1. The van der Waals surface area contributed by atoms with Gasteiger partial charge in [-0.05, 0) is 68.7 Å². The van der Waals surface area contributed by atoms with Gasteiger partial charge in [-0.1, -0.05) is 18.2 Å². The highest BCUT2D eigenvalue weighted by molar-refractivity contribution is 6.05.